The maximum Gasteiger partial charge on any atom is 0.0239 e. The smallest absolute Gasteiger partial charge is 0.0239 e. The molecule has 0 saturated carbocycles. The van der Waals surface area contributed by atoms with E-state index in [2.05, 4.69) is 74.2 Å². The van der Waals surface area contributed by atoms with Crippen LogP contribution in [0.5, 0.6) is 0 Å². The second-order valence-corrected chi connectivity index (χ2v) is 10.2. The van der Waals surface area contributed by atoms with Gasteiger partial charge in [-0.25, -0.2) is 0 Å². The summed E-state index contributed by atoms with van der Waals surface area (Å²) in [5.41, 5.74) is 5.76. The van der Waals surface area contributed by atoms with Crippen LogP contribution in [-0.2, 0) is 13.1 Å². The maximum absolute atomic E-state index is 2.66. The van der Waals surface area contributed by atoms with E-state index in [-0.39, 0.29) is 0 Å². The minimum absolute atomic E-state index is 1.06. The standard InChI is InChI=1S/C32H51N/c1-4-5-6-7-8-9-10-11-12-13-14-15-16-21-26-33(27-31-24-19-17-22-29(31)2)28-32-25-20-18-23-30(32)3/h17-20,22-25H,4-16,21,26-28H2,1-3H3. The lowest BCUT2D eigenvalue weighted by Gasteiger charge is -2.24. The fraction of sp³-hybridized carbons (Fsp3) is 0.625. The van der Waals surface area contributed by atoms with Gasteiger partial charge in [0.2, 0.25) is 0 Å². The van der Waals surface area contributed by atoms with Gasteiger partial charge in [0.1, 0.15) is 0 Å². The molecule has 2 rings (SSSR count). The fourth-order valence-electron chi connectivity index (χ4n) is 4.80. The number of hydrogen-bond acceptors (Lipinski definition) is 1. The lowest BCUT2D eigenvalue weighted by Crippen LogP contribution is -2.25. The minimum atomic E-state index is 1.06. The van der Waals surface area contributed by atoms with Gasteiger partial charge in [0.05, 0.1) is 0 Å². The average Bonchev–Trinajstić information content (AvgIpc) is 2.82. The first kappa shape index (κ1) is 27.6. The number of benzene rings is 2. The molecule has 0 spiro atoms. The van der Waals surface area contributed by atoms with Crippen LogP contribution in [0, 0.1) is 13.8 Å². The Bertz CT molecular complexity index is 687. The van der Waals surface area contributed by atoms with Crippen molar-refractivity contribution in [2.75, 3.05) is 6.54 Å². The molecule has 0 saturated heterocycles. The highest BCUT2D eigenvalue weighted by Crippen LogP contribution is 2.18. The van der Waals surface area contributed by atoms with Crippen LogP contribution in [0.3, 0.4) is 0 Å². The Balaban J connectivity index is 1.61. The van der Waals surface area contributed by atoms with Crippen molar-refractivity contribution in [3.63, 3.8) is 0 Å². The van der Waals surface area contributed by atoms with Gasteiger partial charge in [-0.1, -0.05) is 139 Å². The van der Waals surface area contributed by atoms with Gasteiger partial charge in [-0.05, 0) is 49.1 Å². The molecule has 0 aliphatic heterocycles. The highest BCUT2D eigenvalue weighted by Gasteiger charge is 2.10. The van der Waals surface area contributed by atoms with Crippen LogP contribution in [0.25, 0.3) is 0 Å². The molecule has 0 radical (unpaired) electrons. The molecule has 0 fully saturated rings. The van der Waals surface area contributed by atoms with E-state index in [9.17, 15) is 0 Å². The van der Waals surface area contributed by atoms with E-state index in [1.807, 2.05) is 0 Å². The highest BCUT2D eigenvalue weighted by atomic mass is 15.1. The summed E-state index contributed by atoms with van der Waals surface area (Å²) in [6.45, 7) is 10.1. The molecule has 1 nitrogen and oxygen atoms in total. The molecular formula is C32H51N. The fourth-order valence-corrected chi connectivity index (χ4v) is 4.80. The first-order valence-corrected chi connectivity index (χ1v) is 14.0. The summed E-state index contributed by atoms with van der Waals surface area (Å²) in [5.74, 6) is 0. The van der Waals surface area contributed by atoms with E-state index in [1.165, 1.54) is 119 Å². The van der Waals surface area contributed by atoms with Crippen molar-refractivity contribution >= 4 is 0 Å². The summed E-state index contributed by atoms with van der Waals surface area (Å²) in [5, 5.41) is 0. The van der Waals surface area contributed by atoms with Crippen LogP contribution in [-0.4, -0.2) is 11.4 Å². The van der Waals surface area contributed by atoms with E-state index >= 15 is 0 Å². The minimum Gasteiger partial charge on any atom is -0.295 e. The third-order valence-corrected chi connectivity index (χ3v) is 7.14. The topological polar surface area (TPSA) is 3.24 Å². The van der Waals surface area contributed by atoms with Crippen LogP contribution < -0.4 is 0 Å². The molecule has 0 aliphatic carbocycles. The molecule has 0 atom stereocenters. The number of hydrogen-bond donors (Lipinski definition) is 0. The molecule has 184 valence electrons. The molecule has 0 N–H and O–H groups in total. The van der Waals surface area contributed by atoms with Gasteiger partial charge in [-0.15, -0.1) is 0 Å². The molecule has 2 aromatic carbocycles. The summed E-state index contributed by atoms with van der Waals surface area (Å²) in [4.78, 5) is 2.66. The first-order chi connectivity index (χ1) is 16.2. The summed E-state index contributed by atoms with van der Waals surface area (Å²) >= 11 is 0. The number of aryl methyl sites for hydroxylation is 2. The lowest BCUT2D eigenvalue weighted by atomic mass is 10.0. The van der Waals surface area contributed by atoms with Crippen LogP contribution >= 0.6 is 0 Å². The van der Waals surface area contributed by atoms with Crippen molar-refractivity contribution < 1.29 is 0 Å². The predicted molar refractivity (Wildman–Crippen MR) is 147 cm³/mol. The Kier molecular flexibility index (Phi) is 14.9. The third kappa shape index (κ3) is 12.4. The monoisotopic (exact) mass is 449 g/mol. The van der Waals surface area contributed by atoms with E-state index in [0.717, 1.165) is 13.1 Å². The van der Waals surface area contributed by atoms with Gasteiger partial charge < -0.3 is 0 Å². The van der Waals surface area contributed by atoms with Crippen LogP contribution in [0.1, 0.15) is 119 Å². The lowest BCUT2D eigenvalue weighted by molar-refractivity contribution is 0.249. The zero-order valence-corrected chi connectivity index (χ0v) is 22.1. The zero-order chi connectivity index (χ0) is 23.6. The van der Waals surface area contributed by atoms with Crippen LogP contribution in [0.4, 0.5) is 0 Å². The predicted octanol–water partition coefficient (Wildman–Crippen LogP) is 9.79. The van der Waals surface area contributed by atoms with Crippen molar-refractivity contribution in [2.24, 2.45) is 0 Å². The Morgan fingerprint density at radius 3 is 1.24 bits per heavy atom. The number of nitrogens with zero attached hydrogens (tertiary/aromatic N) is 1. The largest absolute Gasteiger partial charge is 0.295 e. The summed E-state index contributed by atoms with van der Waals surface area (Å²) in [7, 11) is 0. The summed E-state index contributed by atoms with van der Waals surface area (Å²) in [6, 6.07) is 17.7. The quantitative estimate of drug-likeness (QED) is 0.193. The summed E-state index contributed by atoms with van der Waals surface area (Å²) < 4.78 is 0. The Labute approximate surface area is 206 Å². The van der Waals surface area contributed by atoms with E-state index < -0.39 is 0 Å². The molecule has 0 heterocycles. The Morgan fingerprint density at radius 2 is 0.848 bits per heavy atom. The average molecular weight is 450 g/mol. The van der Waals surface area contributed by atoms with Gasteiger partial charge >= 0.3 is 0 Å². The number of unbranched alkanes of at least 4 members (excludes halogenated alkanes) is 13. The van der Waals surface area contributed by atoms with Gasteiger partial charge in [0, 0.05) is 13.1 Å². The SMILES string of the molecule is CCCCCCCCCCCCCCCCN(Cc1ccccc1C)Cc1ccccc1C. The zero-order valence-electron chi connectivity index (χ0n) is 22.1. The normalized spacial score (nSPS) is 11.4. The van der Waals surface area contributed by atoms with Gasteiger partial charge in [-0.2, -0.15) is 0 Å². The van der Waals surface area contributed by atoms with E-state index in [1.54, 1.807) is 0 Å². The first-order valence-electron chi connectivity index (χ1n) is 14.0. The maximum atomic E-state index is 2.66. The molecule has 0 unspecified atom stereocenters. The van der Waals surface area contributed by atoms with Crippen LogP contribution in [0.15, 0.2) is 48.5 Å². The van der Waals surface area contributed by atoms with Gasteiger partial charge in [0.15, 0.2) is 0 Å². The van der Waals surface area contributed by atoms with Crippen molar-refractivity contribution in [3.8, 4) is 0 Å². The van der Waals surface area contributed by atoms with Crippen molar-refractivity contribution in [2.45, 2.75) is 124 Å². The second kappa shape index (κ2) is 17.8. The molecule has 0 aliphatic rings. The molecule has 0 amide bonds. The Hall–Kier alpha value is -1.60. The molecule has 0 aromatic heterocycles. The number of rotatable bonds is 19. The highest BCUT2D eigenvalue weighted by molar-refractivity contribution is 5.27. The van der Waals surface area contributed by atoms with Gasteiger partial charge in [0.25, 0.3) is 0 Å². The molecule has 0 bridgehead atoms. The second-order valence-electron chi connectivity index (χ2n) is 10.2. The summed E-state index contributed by atoms with van der Waals surface area (Å²) in [6.07, 6.45) is 19.9. The van der Waals surface area contributed by atoms with Crippen LogP contribution in [0.2, 0.25) is 0 Å². The van der Waals surface area contributed by atoms with Crippen molar-refractivity contribution in [1.82, 2.24) is 4.90 Å². The molecule has 33 heavy (non-hydrogen) atoms. The molecule has 1 heteroatoms. The Morgan fingerprint density at radius 1 is 0.485 bits per heavy atom. The van der Waals surface area contributed by atoms with Crippen molar-refractivity contribution in [1.29, 1.82) is 0 Å². The van der Waals surface area contributed by atoms with E-state index in [4.69, 9.17) is 0 Å². The van der Waals surface area contributed by atoms with Gasteiger partial charge in [-0.3, -0.25) is 4.90 Å². The molecular weight excluding hydrogens is 398 g/mol. The van der Waals surface area contributed by atoms with Crippen molar-refractivity contribution in [3.05, 3.63) is 70.8 Å². The molecule has 2 aromatic rings. The van der Waals surface area contributed by atoms with E-state index in [0.29, 0.717) is 0 Å². The third-order valence-electron chi connectivity index (χ3n) is 7.14.